The van der Waals surface area contributed by atoms with Crippen LogP contribution in [0.3, 0.4) is 0 Å². The van der Waals surface area contributed by atoms with Crippen molar-refractivity contribution in [3.05, 3.63) is 34.4 Å². The van der Waals surface area contributed by atoms with E-state index in [1.54, 1.807) is 13.8 Å². The quantitative estimate of drug-likeness (QED) is 0.158. The van der Waals surface area contributed by atoms with Crippen LogP contribution in [-0.2, 0) is 14.3 Å². The molecule has 7 heteroatoms. The van der Waals surface area contributed by atoms with Gasteiger partial charge < -0.3 is 9.47 Å². The van der Waals surface area contributed by atoms with Gasteiger partial charge >= 0.3 is 11.9 Å². The Morgan fingerprint density at radius 1 is 1.12 bits per heavy atom. The molecule has 0 aliphatic heterocycles. The molecular weight excluding hydrogens is 326 g/mol. The molecule has 1 aromatic rings. The lowest BCUT2D eigenvalue weighted by Crippen LogP contribution is -2.42. The molecule has 0 unspecified atom stereocenters. The van der Waals surface area contributed by atoms with Crippen molar-refractivity contribution in [2.75, 3.05) is 6.61 Å². The Bertz CT molecular complexity index is 609. The molecular formula is C18H25NO6. The van der Waals surface area contributed by atoms with Crippen molar-refractivity contribution in [1.29, 1.82) is 0 Å². The van der Waals surface area contributed by atoms with Crippen LogP contribution in [0.25, 0.3) is 0 Å². The highest BCUT2D eigenvalue weighted by atomic mass is 16.6. The summed E-state index contributed by atoms with van der Waals surface area (Å²) in [5.41, 5.74) is -1.59. The molecule has 0 aliphatic carbocycles. The Kier molecular flexibility index (Phi) is 8.04. The van der Waals surface area contributed by atoms with E-state index in [1.807, 2.05) is 6.92 Å². The van der Waals surface area contributed by atoms with Gasteiger partial charge in [0.1, 0.15) is 5.75 Å². The first-order chi connectivity index (χ1) is 11.9. The third-order valence-electron chi connectivity index (χ3n) is 4.21. The van der Waals surface area contributed by atoms with Gasteiger partial charge in [0.25, 0.3) is 5.69 Å². The number of hydrogen-bond donors (Lipinski definition) is 0. The Labute approximate surface area is 147 Å². The molecule has 1 aromatic carbocycles. The molecule has 0 amide bonds. The van der Waals surface area contributed by atoms with E-state index in [-0.39, 0.29) is 30.9 Å². The Morgan fingerprint density at radius 2 is 1.80 bits per heavy atom. The molecule has 0 fully saturated rings. The zero-order chi connectivity index (χ0) is 18.9. The number of ether oxygens (including phenoxy) is 2. The zero-order valence-corrected chi connectivity index (χ0v) is 14.9. The molecule has 1 rings (SSSR count). The summed E-state index contributed by atoms with van der Waals surface area (Å²) < 4.78 is 10.5. The van der Waals surface area contributed by atoms with Gasteiger partial charge in [-0.3, -0.25) is 19.7 Å². The third-order valence-corrected chi connectivity index (χ3v) is 4.21. The SMILES string of the molecule is CCCCCOC(=O)C(CC)(CC)C(=O)Oc1cccc([N+](=O)[O-])c1. The average Bonchev–Trinajstić information content (AvgIpc) is 2.60. The summed E-state index contributed by atoms with van der Waals surface area (Å²) in [5.74, 6) is -1.33. The average molecular weight is 351 g/mol. The number of nitrogens with zero attached hydrogens (tertiary/aromatic N) is 1. The molecule has 0 aromatic heterocycles. The number of carbonyl (C=O) groups is 2. The van der Waals surface area contributed by atoms with Gasteiger partial charge in [-0.25, -0.2) is 0 Å². The number of nitro benzene ring substituents is 1. The van der Waals surface area contributed by atoms with E-state index in [4.69, 9.17) is 9.47 Å². The number of nitro groups is 1. The van der Waals surface area contributed by atoms with Gasteiger partial charge in [-0.15, -0.1) is 0 Å². The molecule has 0 radical (unpaired) electrons. The lowest BCUT2D eigenvalue weighted by molar-refractivity contribution is -0.384. The largest absolute Gasteiger partial charge is 0.465 e. The van der Waals surface area contributed by atoms with Crippen LogP contribution in [0.15, 0.2) is 24.3 Å². The van der Waals surface area contributed by atoms with Gasteiger partial charge in [0.15, 0.2) is 5.41 Å². The predicted molar refractivity (Wildman–Crippen MR) is 92.2 cm³/mol. The van der Waals surface area contributed by atoms with Crippen molar-refractivity contribution in [2.24, 2.45) is 5.41 Å². The number of esters is 2. The summed E-state index contributed by atoms with van der Waals surface area (Å²) in [6.45, 7) is 5.73. The summed E-state index contributed by atoms with van der Waals surface area (Å²) in [6, 6.07) is 5.31. The second-order valence-electron chi connectivity index (χ2n) is 5.78. The number of non-ortho nitro benzene ring substituents is 1. The molecule has 7 nitrogen and oxygen atoms in total. The fourth-order valence-electron chi connectivity index (χ4n) is 2.43. The van der Waals surface area contributed by atoms with E-state index >= 15 is 0 Å². The summed E-state index contributed by atoms with van der Waals surface area (Å²) in [4.78, 5) is 35.3. The molecule has 0 atom stereocenters. The van der Waals surface area contributed by atoms with Crippen LogP contribution in [0, 0.1) is 15.5 Å². The van der Waals surface area contributed by atoms with Gasteiger partial charge in [0, 0.05) is 6.07 Å². The summed E-state index contributed by atoms with van der Waals surface area (Å²) in [5, 5.41) is 10.8. The van der Waals surface area contributed by atoms with Crippen molar-refractivity contribution in [2.45, 2.75) is 52.9 Å². The van der Waals surface area contributed by atoms with E-state index in [9.17, 15) is 19.7 Å². The lowest BCUT2D eigenvalue weighted by atomic mass is 9.82. The normalized spacial score (nSPS) is 11.0. The van der Waals surface area contributed by atoms with Crippen LogP contribution in [0.2, 0.25) is 0 Å². The predicted octanol–water partition coefficient (Wildman–Crippen LogP) is 4.04. The number of hydrogen-bond acceptors (Lipinski definition) is 6. The number of unbranched alkanes of at least 4 members (excludes halogenated alkanes) is 2. The van der Waals surface area contributed by atoms with Gasteiger partial charge in [-0.2, -0.15) is 0 Å². The molecule has 138 valence electrons. The third kappa shape index (κ3) is 5.27. The second-order valence-corrected chi connectivity index (χ2v) is 5.78. The van der Waals surface area contributed by atoms with E-state index in [0.717, 1.165) is 25.3 Å². The van der Waals surface area contributed by atoms with Crippen molar-refractivity contribution in [3.8, 4) is 5.75 Å². The van der Waals surface area contributed by atoms with Crippen molar-refractivity contribution in [1.82, 2.24) is 0 Å². The van der Waals surface area contributed by atoms with E-state index in [0.29, 0.717) is 0 Å². The first-order valence-electron chi connectivity index (χ1n) is 8.55. The van der Waals surface area contributed by atoms with E-state index in [1.165, 1.54) is 18.2 Å². The topological polar surface area (TPSA) is 95.7 Å². The standard InChI is InChI=1S/C18H25NO6/c1-4-7-8-12-24-16(20)18(5-2,6-3)17(21)25-15-11-9-10-14(13-15)19(22)23/h9-11,13H,4-8,12H2,1-3H3. The van der Waals surface area contributed by atoms with Gasteiger partial charge in [0.2, 0.25) is 0 Å². The smallest absolute Gasteiger partial charge is 0.328 e. The van der Waals surface area contributed by atoms with Crippen molar-refractivity contribution in [3.63, 3.8) is 0 Å². The van der Waals surface area contributed by atoms with Crippen LogP contribution in [0.1, 0.15) is 52.9 Å². The minimum atomic E-state index is -1.41. The second kappa shape index (κ2) is 9.76. The molecule has 0 aliphatic rings. The Hall–Kier alpha value is -2.44. The Balaban J connectivity index is 2.89. The highest BCUT2D eigenvalue weighted by molar-refractivity contribution is 6.00. The first kappa shape index (κ1) is 20.6. The van der Waals surface area contributed by atoms with Crippen LogP contribution in [0.4, 0.5) is 5.69 Å². The van der Waals surface area contributed by atoms with Gasteiger partial charge in [-0.05, 0) is 25.3 Å². The maximum absolute atomic E-state index is 12.6. The van der Waals surface area contributed by atoms with Gasteiger partial charge in [-0.1, -0.05) is 39.7 Å². The highest BCUT2D eigenvalue weighted by Crippen LogP contribution is 2.31. The first-order valence-corrected chi connectivity index (χ1v) is 8.55. The fourth-order valence-corrected chi connectivity index (χ4v) is 2.43. The lowest BCUT2D eigenvalue weighted by Gasteiger charge is -2.26. The molecule has 0 N–H and O–H groups in total. The number of benzene rings is 1. The summed E-state index contributed by atoms with van der Waals surface area (Å²) >= 11 is 0. The molecule has 0 saturated heterocycles. The number of rotatable bonds is 10. The van der Waals surface area contributed by atoms with E-state index < -0.39 is 22.3 Å². The number of carbonyl (C=O) groups excluding carboxylic acids is 2. The molecule has 0 heterocycles. The minimum Gasteiger partial charge on any atom is -0.465 e. The fraction of sp³-hybridized carbons (Fsp3) is 0.556. The van der Waals surface area contributed by atoms with Crippen LogP contribution in [0.5, 0.6) is 5.75 Å². The van der Waals surface area contributed by atoms with Crippen LogP contribution in [-0.4, -0.2) is 23.5 Å². The van der Waals surface area contributed by atoms with Crippen LogP contribution < -0.4 is 4.74 Å². The molecule has 0 spiro atoms. The van der Waals surface area contributed by atoms with Crippen molar-refractivity contribution < 1.29 is 24.0 Å². The molecule has 0 bridgehead atoms. The van der Waals surface area contributed by atoms with Gasteiger partial charge in [0.05, 0.1) is 17.6 Å². The van der Waals surface area contributed by atoms with E-state index in [2.05, 4.69) is 0 Å². The monoisotopic (exact) mass is 351 g/mol. The maximum atomic E-state index is 12.6. The van der Waals surface area contributed by atoms with Crippen LogP contribution >= 0.6 is 0 Å². The molecule has 0 saturated carbocycles. The zero-order valence-electron chi connectivity index (χ0n) is 14.9. The summed E-state index contributed by atoms with van der Waals surface area (Å²) in [7, 11) is 0. The molecule has 25 heavy (non-hydrogen) atoms. The maximum Gasteiger partial charge on any atom is 0.328 e. The summed E-state index contributed by atoms with van der Waals surface area (Å²) in [6.07, 6.45) is 3.13. The van der Waals surface area contributed by atoms with Crippen molar-refractivity contribution >= 4 is 17.6 Å². The highest BCUT2D eigenvalue weighted by Gasteiger charge is 2.46. The Morgan fingerprint density at radius 3 is 2.36 bits per heavy atom. The minimum absolute atomic E-state index is 0.0317.